The molecule has 1 aromatic rings. The molecule has 17 heavy (non-hydrogen) atoms. The average Bonchev–Trinajstić information content (AvgIpc) is 2.19. The summed E-state index contributed by atoms with van der Waals surface area (Å²) < 4.78 is 0.959. The summed E-state index contributed by atoms with van der Waals surface area (Å²) in [7, 11) is 0. The van der Waals surface area contributed by atoms with Crippen molar-refractivity contribution < 1.29 is 0 Å². The first-order valence-electron chi connectivity index (χ1n) is 5.65. The van der Waals surface area contributed by atoms with Crippen LogP contribution in [-0.4, -0.2) is 12.0 Å². The van der Waals surface area contributed by atoms with Gasteiger partial charge >= 0.3 is 0 Å². The predicted molar refractivity (Wildman–Crippen MR) is 75.3 cm³/mol. The molecule has 1 aromatic carbocycles. The first kappa shape index (κ1) is 12.7. The topological polar surface area (TPSA) is 50.4 Å². The molecule has 1 aliphatic rings. The van der Waals surface area contributed by atoms with E-state index in [1.807, 2.05) is 18.2 Å². The summed E-state index contributed by atoms with van der Waals surface area (Å²) in [6.07, 6.45) is 3.67. The van der Waals surface area contributed by atoms with Crippen LogP contribution < -0.4 is 11.1 Å². The van der Waals surface area contributed by atoms with Gasteiger partial charge in [0.05, 0.1) is 6.54 Å². The van der Waals surface area contributed by atoms with Crippen molar-refractivity contribution in [2.45, 2.75) is 31.8 Å². The molecule has 1 aliphatic carbocycles. The molecule has 0 bridgehead atoms. The van der Waals surface area contributed by atoms with Crippen LogP contribution in [0, 0.1) is 0 Å². The number of nitrogens with two attached hydrogens (primary N) is 1. The minimum atomic E-state index is 0.518. The molecule has 0 spiro atoms. The highest BCUT2D eigenvalue weighted by molar-refractivity contribution is 9.10. The van der Waals surface area contributed by atoms with Crippen LogP contribution in [0.5, 0.6) is 0 Å². The maximum Gasteiger partial charge on any atom is 0.189 e. The molecular weight excluding hydrogens is 302 g/mol. The van der Waals surface area contributed by atoms with Gasteiger partial charge in [0.2, 0.25) is 0 Å². The summed E-state index contributed by atoms with van der Waals surface area (Å²) in [5, 5.41) is 3.90. The van der Waals surface area contributed by atoms with Crippen LogP contribution in [0.1, 0.15) is 24.8 Å². The Labute approximate surface area is 115 Å². The third kappa shape index (κ3) is 3.89. The minimum Gasteiger partial charge on any atom is -0.370 e. The first-order chi connectivity index (χ1) is 8.13. The van der Waals surface area contributed by atoms with E-state index in [0.717, 1.165) is 10.0 Å². The number of benzene rings is 1. The highest BCUT2D eigenvalue weighted by atomic mass is 79.9. The Hall–Kier alpha value is -0.740. The van der Waals surface area contributed by atoms with Crippen LogP contribution in [0.2, 0.25) is 5.02 Å². The Morgan fingerprint density at radius 3 is 2.82 bits per heavy atom. The van der Waals surface area contributed by atoms with Gasteiger partial charge in [0.25, 0.3) is 0 Å². The second-order valence-electron chi connectivity index (χ2n) is 4.25. The summed E-state index contributed by atoms with van der Waals surface area (Å²) in [4.78, 5) is 4.30. The second-order valence-corrected chi connectivity index (χ2v) is 5.60. The van der Waals surface area contributed by atoms with Crippen molar-refractivity contribution >= 4 is 33.5 Å². The van der Waals surface area contributed by atoms with E-state index in [-0.39, 0.29) is 0 Å². The number of nitrogens with one attached hydrogen (secondary N) is 1. The van der Waals surface area contributed by atoms with Gasteiger partial charge in [-0.15, -0.1) is 0 Å². The molecule has 0 atom stereocenters. The molecule has 0 unspecified atom stereocenters. The number of rotatable bonds is 3. The maximum atomic E-state index is 5.96. The molecule has 1 fully saturated rings. The van der Waals surface area contributed by atoms with E-state index in [0.29, 0.717) is 23.6 Å². The Morgan fingerprint density at radius 2 is 2.24 bits per heavy atom. The van der Waals surface area contributed by atoms with Crippen LogP contribution in [0.15, 0.2) is 27.7 Å². The number of hydrogen-bond acceptors (Lipinski definition) is 1. The number of nitrogens with zero attached hydrogens (tertiary/aromatic N) is 1. The van der Waals surface area contributed by atoms with Gasteiger partial charge in [-0.05, 0) is 43.0 Å². The van der Waals surface area contributed by atoms with Crippen molar-refractivity contribution in [3.8, 4) is 0 Å². The standard InChI is InChI=1S/C12H15BrClN3/c13-9-4-8(5-10(14)6-9)7-16-12(15)17-11-2-1-3-11/h4-6,11H,1-3,7H2,(H3,15,16,17). The maximum absolute atomic E-state index is 5.96. The van der Waals surface area contributed by atoms with Crippen LogP contribution in [0.4, 0.5) is 0 Å². The summed E-state index contributed by atoms with van der Waals surface area (Å²) in [6, 6.07) is 6.26. The molecule has 3 nitrogen and oxygen atoms in total. The Balaban J connectivity index is 1.92. The second kappa shape index (κ2) is 5.74. The quantitative estimate of drug-likeness (QED) is 0.665. The molecule has 0 heterocycles. The van der Waals surface area contributed by atoms with Crippen molar-refractivity contribution in [3.63, 3.8) is 0 Å². The van der Waals surface area contributed by atoms with Crippen LogP contribution in [0.3, 0.4) is 0 Å². The smallest absolute Gasteiger partial charge is 0.189 e. The number of halogens is 2. The van der Waals surface area contributed by atoms with E-state index < -0.39 is 0 Å². The molecule has 2 rings (SSSR count). The van der Waals surface area contributed by atoms with Crippen molar-refractivity contribution in [2.75, 3.05) is 0 Å². The van der Waals surface area contributed by atoms with E-state index in [2.05, 4.69) is 26.2 Å². The van der Waals surface area contributed by atoms with E-state index in [1.165, 1.54) is 19.3 Å². The highest BCUT2D eigenvalue weighted by Gasteiger charge is 2.17. The summed E-state index contributed by atoms with van der Waals surface area (Å²) in [6.45, 7) is 0.546. The van der Waals surface area contributed by atoms with Gasteiger partial charge < -0.3 is 11.1 Å². The van der Waals surface area contributed by atoms with Crippen molar-refractivity contribution in [1.29, 1.82) is 0 Å². The number of aliphatic imine (C=N–C) groups is 1. The SMILES string of the molecule is NC(=NCc1cc(Cl)cc(Br)c1)NC1CCC1. The molecule has 1 saturated carbocycles. The van der Waals surface area contributed by atoms with E-state index in [1.54, 1.807) is 0 Å². The average molecular weight is 317 g/mol. The van der Waals surface area contributed by atoms with Crippen LogP contribution in [0.25, 0.3) is 0 Å². The van der Waals surface area contributed by atoms with Gasteiger partial charge in [-0.25, -0.2) is 4.99 Å². The Bertz CT molecular complexity index is 410. The third-order valence-electron chi connectivity index (χ3n) is 2.81. The van der Waals surface area contributed by atoms with E-state index in [4.69, 9.17) is 17.3 Å². The lowest BCUT2D eigenvalue weighted by Crippen LogP contribution is -2.43. The largest absolute Gasteiger partial charge is 0.370 e. The fraction of sp³-hybridized carbons (Fsp3) is 0.417. The highest BCUT2D eigenvalue weighted by Crippen LogP contribution is 2.20. The predicted octanol–water partition coefficient (Wildman–Crippen LogP) is 3.06. The zero-order chi connectivity index (χ0) is 12.3. The Morgan fingerprint density at radius 1 is 1.47 bits per heavy atom. The Kier molecular flexibility index (Phi) is 4.29. The lowest BCUT2D eigenvalue weighted by Gasteiger charge is -2.26. The number of guanidine groups is 1. The molecule has 3 N–H and O–H groups in total. The fourth-order valence-electron chi connectivity index (χ4n) is 1.69. The van der Waals surface area contributed by atoms with Crippen molar-refractivity contribution in [1.82, 2.24) is 5.32 Å². The van der Waals surface area contributed by atoms with E-state index >= 15 is 0 Å². The van der Waals surface area contributed by atoms with Crippen molar-refractivity contribution in [2.24, 2.45) is 10.7 Å². The lowest BCUT2D eigenvalue weighted by atomic mass is 9.93. The monoisotopic (exact) mass is 315 g/mol. The molecule has 92 valence electrons. The molecule has 0 amide bonds. The van der Waals surface area contributed by atoms with E-state index in [9.17, 15) is 0 Å². The summed E-state index contributed by atoms with van der Waals surface area (Å²) >= 11 is 9.36. The zero-order valence-electron chi connectivity index (χ0n) is 9.42. The van der Waals surface area contributed by atoms with Gasteiger partial charge in [0, 0.05) is 15.5 Å². The van der Waals surface area contributed by atoms with Gasteiger partial charge in [-0.2, -0.15) is 0 Å². The molecule has 5 heteroatoms. The van der Waals surface area contributed by atoms with Gasteiger partial charge in [-0.1, -0.05) is 27.5 Å². The van der Waals surface area contributed by atoms with Crippen LogP contribution in [-0.2, 0) is 6.54 Å². The third-order valence-corrected chi connectivity index (χ3v) is 3.49. The van der Waals surface area contributed by atoms with Gasteiger partial charge in [0.15, 0.2) is 5.96 Å². The van der Waals surface area contributed by atoms with Crippen LogP contribution >= 0.6 is 27.5 Å². The summed E-state index contributed by atoms with van der Waals surface area (Å²) in [5.41, 5.74) is 6.85. The lowest BCUT2D eigenvalue weighted by molar-refractivity contribution is 0.382. The van der Waals surface area contributed by atoms with Gasteiger partial charge in [-0.3, -0.25) is 0 Å². The molecule has 0 aliphatic heterocycles. The number of hydrogen-bond donors (Lipinski definition) is 2. The molecule has 0 aromatic heterocycles. The minimum absolute atomic E-state index is 0.518. The fourth-order valence-corrected chi connectivity index (χ4v) is 2.62. The zero-order valence-corrected chi connectivity index (χ0v) is 11.8. The molecule has 0 radical (unpaired) electrons. The van der Waals surface area contributed by atoms with Crippen molar-refractivity contribution in [3.05, 3.63) is 33.3 Å². The van der Waals surface area contributed by atoms with Gasteiger partial charge in [0.1, 0.15) is 0 Å². The molecular formula is C12H15BrClN3. The first-order valence-corrected chi connectivity index (χ1v) is 6.82. The summed E-state index contributed by atoms with van der Waals surface area (Å²) in [5.74, 6) is 0.519. The molecule has 0 saturated heterocycles. The normalized spacial score (nSPS) is 16.7.